The van der Waals surface area contributed by atoms with Crippen molar-refractivity contribution in [3.05, 3.63) is 42.2 Å². The number of hydrogen-bond acceptors (Lipinski definition) is 4. The maximum atomic E-state index is 12.4. The largest absolute Gasteiger partial charge is 0.396 e. The van der Waals surface area contributed by atoms with Crippen molar-refractivity contribution in [1.82, 2.24) is 10.1 Å². The lowest BCUT2D eigenvalue weighted by Gasteiger charge is -2.25. The average molecular weight is 288 g/mol. The Balaban J connectivity index is 2.17. The van der Waals surface area contributed by atoms with Gasteiger partial charge in [-0.25, -0.2) is 0 Å². The smallest absolute Gasteiger partial charge is 0.292 e. The fourth-order valence-electron chi connectivity index (χ4n) is 2.10. The summed E-state index contributed by atoms with van der Waals surface area (Å²) >= 11 is 0. The Morgan fingerprint density at radius 1 is 1.33 bits per heavy atom. The van der Waals surface area contributed by atoms with E-state index in [1.807, 2.05) is 44.2 Å². The number of aliphatic hydroxyl groups is 1. The van der Waals surface area contributed by atoms with Crippen LogP contribution in [0, 0.1) is 0 Å². The van der Waals surface area contributed by atoms with Crippen molar-refractivity contribution >= 4 is 5.91 Å². The van der Waals surface area contributed by atoms with Gasteiger partial charge in [-0.2, -0.15) is 0 Å². The highest BCUT2D eigenvalue weighted by atomic mass is 16.5. The molecule has 0 fully saturated rings. The first-order valence-electron chi connectivity index (χ1n) is 7.07. The Morgan fingerprint density at radius 2 is 2.05 bits per heavy atom. The number of aliphatic hydroxyl groups excluding tert-OH is 1. The second-order valence-corrected chi connectivity index (χ2v) is 5.11. The standard InChI is InChI=1S/C16H20N2O3/c1-12(2)18(9-6-10-19)16(20)15-11-14(17-21-15)13-7-4-3-5-8-13/h3-5,7-8,11-12,19H,6,9-10H2,1-2H3. The van der Waals surface area contributed by atoms with Crippen LogP contribution in [0.3, 0.4) is 0 Å². The van der Waals surface area contributed by atoms with Gasteiger partial charge < -0.3 is 14.5 Å². The molecule has 0 aliphatic heterocycles. The average Bonchev–Trinajstić information content (AvgIpc) is 2.98. The molecule has 5 heteroatoms. The van der Waals surface area contributed by atoms with Crippen LogP contribution >= 0.6 is 0 Å². The molecule has 2 aromatic rings. The van der Waals surface area contributed by atoms with E-state index in [9.17, 15) is 4.79 Å². The number of amides is 1. The van der Waals surface area contributed by atoms with Crippen molar-refractivity contribution in [2.45, 2.75) is 26.3 Å². The van der Waals surface area contributed by atoms with Gasteiger partial charge in [0.2, 0.25) is 5.76 Å². The topological polar surface area (TPSA) is 66.6 Å². The van der Waals surface area contributed by atoms with Gasteiger partial charge in [0.15, 0.2) is 0 Å². The zero-order chi connectivity index (χ0) is 15.2. The van der Waals surface area contributed by atoms with Crippen LogP contribution < -0.4 is 0 Å². The van der Waals surface area contributed by atoms with Gasteiger partial charge in [0.25, 0.3) is 5.91 Å². The minimum Gasteiger partial charge on any atom is -0.396 e. The molecule has 0 atom stereocenters. The summed E-state index contributed by atoms with van der Waals surface area (Å²) in [7, 11) is 0. The van der Waals surface area contributed by atoms with E-state index in [0.29, 0.717) is 18.7 Å². The van der Waals surface area contributed by atoms with Crippen molar-refractivity contribution in [3.8, 4) is 11.3 Å². The molecule has 2 rings (SSSR count). The molecule has 0 spiro atoms. The molecule has 1 aromatic heterocycles. The van der Waals surface area contributed by atoms with Gasteiger partial charge in [0, 0.05) is 30.8 Å². The second kappa shape index (κ2) is 7.04. The highest BCUT2D eigenvalue weighted by Gasteiger charge is 2.22. The number of nitrogens with zero attached hydrogens (tertiary/aromatic N) is 2. The molecule has 0 saturated carbocycles. The summed E-state index contributed by atoms with van der Waals surface area (Å²) in [6, 6.07) is 11.3. The van der Waals surface area contributed by atoms with Crippen LogP contribution in [-0.2, 0) is 0 Å². The normalized spacial score (nSPS) is 10.9. The molecule has 1 N–H and O–H groups in total. The molecular formula is C16H20N2O3. The van der Waals surface area contributed by atoms with E-state index in [4.69, 9.17) is 9.63 Å². The van der Waals surface area contributed by atoms with Crippen LogP contribution in [0.4, 0.5) is 0 Å². The fraction of sp³-hybridized carbons (Fsp3) is 0.375. The predicted molar refractivity (Wildman–Crippen MR) is 79.8 cm³/mol. The molecule has 1 aromatic carbocycles. The highest BCUT2D eigenvalue weighted by molar-refractivity contribution is 5.92. The first-order chi connectivity index (χ1) is 10.1. The summed E-state index contributed by atoms with van der Waals surface area (Å²) in [4.78, 5) is 14.1. The van der Waals surface area contributed by atoms with Crippen molar-refractivity contribution in [1.29, 1.82) is 0 Å². The quantitative estimate of drug-likeness (QED) is 0.887. The molecule has 21 heavy (non-hydrogen) atoms. The first-order valence-corrected chi connectivity index (χ1v) is 7.07. The van der Waals surface area contributed by atoms with Gasteiger partial charge in [-0.3, -0.25) is 4.79 Å². The van der Waals surface area contributed by atoms with Gasteiger partial charge >= 0.3 is 0 Å². The van der Waals surface area contributed by atoms with Crippen LogP contribution in [-0.4, -0.2) is 40.3 Å². The third-order valence-corrected chi connectivity index (χ3v) is 3.23. The molecule has 0 aliphatic rings. The van der Waals surface area contributed by atoms with E-state index < -0.39 is 0 Å². The molecular weight excluding hydrogens is 268 g/mol. The molecule has 0 saturated heterocycles. The van der Waals surface area contributed by atoms with Crippen LogP contribution in [0.1, 0.15) is 30.8 Å². The molecule has 5 nitrogen and oxygen atoms in total. The second-order valence-electron chi connectivity index (χ2n) is 5.11. The van der Waals surface area contributed by atoms with Crippen LogP contribution in [0.15, 0.2) is 40.9 Å². The van der Waals surface area contributed by atoms with Crippen molar-refractivity contribution in [2.24, 2.45) is 0 Å². The van der Waals surface area contributed by atoms with E-state index in [1.54, 1.807) is 11.0 Å². The molecule has 0 aliphatic carbocycles. The number of carbonyl (C=O) groups is 1. The summed E-state index contributed by atoms with van der Waals surface area (Å²) in [5, 5.41) is 12.9. The summed E-state index contributed by atoms with van der Waals surface area (Å²) in [5.74, 6) is 0.0219. The Morgan fingerprint density at radius 3 is 2.67 bits per heavy atom. The van der Waals surface area contributed by atoms with Gasteiger partial charge in [0.05, 0.1) is 0 Å². The van der Waals surface area contributed by atoms with Crippen molar-refractivity contribution < 1.29 is 14.4 Å². The Hall–Kier alpha value is -2.14. The number of rotatable bonds is 6. The number of carbonyl (C=O) groups excluding carboxylic acids is 1. The molecule has 0 radical (unpaired) electrons. The van der Waals surface area contributed by atoms with Gasteiger partial charge in [0.1, 0.15) is 5.69 Å². The van der Waals surface area contributed by atoms with Crippen LogP contribution in [0.2, 0.25) is 0 Å². The van der Waals surface area contributed by atoms with E-state index in [2.05, 4.69) is 5.16 Å². The number of aromatic nitrogens is 1. The minimum atomic E-state index is -0.201. The van der Waals surface area contributed by atoms with Gasteiger partial charge in [-0.15, -0.1) is 0 Å². The molecule has 1 heterocycles. The number of benzene rings is 1. The van der Waals surface area contributed by atoms with E-state index in [0.717, 1.165) is 5.56 Å². The summed E-state index contributed by atoms with van der Waals surface area (Å²) < 4.78 is 5.19. The predicted octanol–water partition coefficient (Wildman–Crippen LogP) is 2.57. The summed E-state index contributed by atoms with van der Waals surface area (Å²) in [6.07, 6.45) is 0.545. The third-order valence-electron chi connectivity index (χ3n) is 3.23. The van der Waals surface area contributed by atoms with Crippen LogP contribution in [0.5, 0.6) is 0 Å². The lowest BCUT2D eigenvalue weighted by molar-refractivity contribution is 0.0651. The molecule has 0 bridgehead atoms. The lowest BCUT2D eigenvalue weighted by atomic mass is 10.1. The maximum absolute atomic E-state index is 12.4. The third kappa shape index (κ3) is 3.70. The zero-order valence-electron chi connectivity index (χ0n) is 12.3. The Bertz CT molecular complexity index is 578. The zero-order valence-corrected chi connectivity index (χ0v) is 12.3. The van der Waals surface area contributed by atoms with E-state index >= 15 is 0 Å². The molecule has 1 amide bonds. The lowest BCUT2D eigenvalue weighted by Crippen LogP contribution is -2.37. The number of hydrogen-bond donors (Lipinski definition) is 1. The maximum Gasteiger partial charge on any atom is 0.292 e. The van der Waals surface area contributed by atoms with E-state index in [1.165, 1.54) is 0 Å². The monoisotopic (exact) mass is 288 g/mol. The Kier molecular flexibility index (Phi) is 5.11. The fourth-order valence-corrected chi connectivity index (χ4v) is 2.10. The Labute approximate surface area is 124 Å². The molecule has 0 unspecified atom stereocenters. The first kappa shape index (κ1) is 15.3. The minimum absolute atomic E-state index is 0.0364. The summed E-state index contributed by atoms with van der Waals surface area (Å²) in [5.41, 5.74) is 1.55. The van der Waals surface area contributed by atoms with Crippen molar-refractivity contribution in [2.75, 3.05) is 13.2 Å². The van der Waals surface area contributed by atoms with E-state index in [-0.39, 0.29) is 24.3 Å². The molecule has 112 valence electrons. The highest BCUT2D eigenvalue weighted by Crippen LogP contribution is 2.20. The van der Waals surface area contributed by atoms with Gasteiger partial charge in [-0.1, -0.05) is 35.5 Å². The van der Waals surface area contributed by atoms with Gasteiger partial charge in [-0.05, 0) is 20.3 Å². The van der Waals surface area contributed by atoms with Crippen molar-refractivity contribution in [3.63, 3.8) is 0 Å². The SMILES string of the molecule is CC(C)N(CCCO)C(=O)c1cc(-c2ccccc2)no1. The van der Waals surface area contributed by atoms with Crippen LogP contribution in [0.25, 0.3) is 11.3 Å². The summed E-state index contributed by atoms with van der Waals surface area (Å²) in [6.45, 7) is 4.42.